The van der Waals surface area contributed by atoms with Gasteiger partial charge in [-0.15, -0.1) is 0 Å². The summed E-state index contributed by atoms with van der Waals surface area (Å²) in [6, 6.07) is 12.6. The average Bonchev–Trinajstić information content (AvgIpc) is 3.13. The van der Waals surface area contributed by atoms with Crippen molar-refractivity contribution >= 4 is 10.0 Å². The van der Waals surface area contributed by atoms with Crippen molar-refractivity contribution in [1.29, 1.82) is 0 Å². The van der Waals surface area contributed by atoms with Crippen LogP contribution in [0.4, 0.5) is 4.39 Å². The van der Waals surface area contributed by atoms with Crippen LogP contribution in [0.15, 0.2) is 70.4 Å². The third-order valence-corrected chi connectivity index (χ3v) is 5.24. The lowest BCUT2D eigenvalue weighted by atomic mass is 10.1. The third-order valence-electron chi connectivity index (χ3n) is 3.76. The Balaban J connectivity index is 1.61. The van der Waals surface area contributed by atoms with E-state index in [-0.39, 0.29) is 10.7 Å². The minimum atomic E-state index is -3.56. The summed E-state index contributed by atoms with van der Waals surface area (Å²) < 4.78 is 44.9. The molecule has 5 nitrogen and oxygen atoms in total. The summed E-state index contributed by atoms with van der Waals surface area (Å²) in [5.41, 5.74) is 2.58. The van der Waals surface area contributed by atoms with Crippen molar-refractivity contribution < 1.29 is 17.3 Å². The minimum absolute atomic E-state index is 0.198. The van der Waals surface area contributed by atoms with E-state index in [2.05, 4.69) is 9.88 Å². The fraction of sp³-hybridized carbons (Fsp3) is 0.167. The Morgan fingerprint density at radius 3 is 2.24 bits per heavy atom. The van der Waals surface area contributed by atoms with Crippen LogP contribution in [0.2, 0.25) is 0 Å². The third kappa shape index (κ3) is 4.52. The van der Waals surface area contributed by atoms with Crippen molar-refractivity contribution in [3.05, 3.63) is 72.4 Å². The van der Waals surface area contributed by atoms with Crippen LogP contribution in [-0.2, 0) is 16.4 Å². The molecule has 0 radical (unpaired) electrons. The van der Waals surface area contributed by atoms with Crippen LogP contribution in [0.25, 0.3) is 11.1 Å². The topological polar surface area (TPSA) is 72.2 Å². The Kier molecular flexibility index (Phi) is 5.25. The average molecular weight is 360 g/mol. The largest absolute Gasteiger partial charge is 0.364 e. The van der Waals surface area contributed by atoms with E-state index in [9.17, 15) is 12.8 Å². The Bertz CT molecular complexity index is 906. The van der Waals surface area contributed by atoms with Crippen LogP contribution in [-0.4, -0.2) is 20.1 Å². The molecule has 25 heavy (non-hydrogen) atoms. The first-order valence-electron chi connectivity index (χ1n) is 7.78. The van der Waals surface area contributed by atoms with Gasteiger partial charge in [-0.25, -0.2) is 17.5 Å². The molecule has 130 valence electrons. The number of nitrogens with zero attached hydrogens (tertiary/aromatic N) is 1. The molecule has 3 aromatic rings. The number of benzene rings is 2. The Morgan fingerprint density at radius 2 is 1.64 bits per heavy atom. The minimum Gasteiger partial charge on any atom is -0.364 e. The molecule has 0 bridgehead atoms. The van der Waals surface area contributed by atoms with E-state index in [1.807, 2.05) is 0 Å². The first kappa shape index (κ1) is 17.3. The van der Waals surface area contributed by atoms with E-state index in [4.69, 9.17) is 4.52 Å². The standard InChI is InChI=1S/C18H17FN2O3S/c19-17-7-3-15(4-8-17)16-5-9-18(10-6-16)25(22,23)21-11-1-2-14-12-20-24-13-14/h3-10,12-13,21H,1-2,11H2. The summed E-state index contributed by atoms with van der Waals surface area (Å²) in [4.78, 5) is 0.198. The van der Waals surface area contributed by atoms with E-state index in [0.717, 1.165) is 16.7 Å². The summed E-state index contributed by atoms with van der Waals surface area (Å²) in [6.45, 7) is 0.327. The van der Waals surface area contributed by atoms with Gasteiger partial charge in [0.25, 0.3) is 0 Å². The highest BCUT2D eigenvalue weighted by Gasteiger charge is 2.13. The number of sulfonamides is 1. The lowest BCUT2D eigenvalue weighted by molar-refractivity contribution is 0.418. The van der Waals surface area contributed by atoms with Crippen molar-refractivity contribution in [3.8, 4) is 11.1 Å². The van der Waals surface area contributed by atoms with Gasteiger partial charge in [0.05, 0.1) is 11.1 Å². The van der Waals surface area contributed by atoms with Crippen molar-refractivity contribution in [1.82, 2.24) is 9.88 Å². The molecule has 1 N–H and O–H groups in total. The Labute approximate surface area is 145 Å². The predicted molar refractivity (Wildman–Crippen MR) is 91.8 cm³/mol. The molecular formula is C18H17FN2O3S. The summed E-state index contributed by atoms with van der Waals surface area (Å²) in [5, 5.41) is 3.60. The van der Waals surface area contributed by atoms with Gasteiger partial charge in [0.15, 0.2) is 0 Å². The van der Waals surface area contributed by atoms with Gasteiger partial charge in [0.2, 0.25) is 10.0 Å². The first-order valence-corrected chi connectivity index (χ1v) is 9.27. The van der Waals surface area contributed by atoms with Gasteiger partial charge in [-0.1, -0.05) is 29.4 Å². The molecule has 1 heterocycles. The molecule has 3 rings (SSSR count). The second kappa shape index (κ2) is 7.58. The number of halogens is 1. The maximum atomic E-state index is 13.0. The second-order valence-electron chi connectivity index (χ2n) is 5.57. The van der Waals surface area contributed by atoms with E-state index in [1.54, 1.807) is 48.9 Å². The van der Waals surface area contributed by atoms with Gasteiger partial charge < -0.3 is 4.52 Å². The number of nitrogens with one attached hydrogen (secondary N) is 1. The molecule has 0 aliphatic carbocycles. The van der Waals surface area contributed by atoms with Crippen molar-refractivity contribution in [3.63, 3.8) is 0 Å². The van der Waals surface area contributed by atoms with Gasteiger partial charge >= 0.3 is 0 Å². The second-order valence-corrected chi connectivity index (χ2v) is 7.33. The van der Waals surface area contributed by atoms with Crippen molar-refractivity contribution in [2.45, 2.75) is 17.7 Å². The molecule has 0 unspecified atom stereocenters. The van der Waals surface area contributed by atoms with Crippen molar-refractivity contribution in [2.24, 2.45) is 0 Å². The zero-order valence-corrected chi connectivity index (χ0v) is 14.2. The molecule has 0 saturated heterocycles. The van der Waals surface area contributed by atoms with Gasteiger partial charge in [0, 0.05) is 12.1 Å². The number of aromatic nitrogens is 1. The smallest absolute Gasteiger partial charge is 0.240 e. The van der Waals surface area contributed by atoms with Crippen LogP contribution in [0.3, 0.4) is 0 Å². The highest BCUT2D eigenvalue weighted by Crippen LogP contribution is 2.21. The molecule has 0 spiro atoms. The fourth-order valence-corrected chi connectivity index (χ4v) is 3.48. The zero-order chi connectivity index (χ0) is 17.7. The zero-order valence-electron chi connectivity index (χ0n) is 13.4. The molecule has 0 saturated carbocycles. The first-order chi connectivity index (χ1) is 12.0. The van der Waals surface area contributed by atoms with Crippen LogP contribution in [0, 0.1) is 5.82 Å². The van der Waals surface area contributed by atoms with E-state index < -0.39 is 10.0 Å². The lowest BCUT2D eigenvalue weighted by Crippen LogP contribution is -2.25. The Morgan fingerprint density at radius 1 is 1.00 bits per heavy atom. The molecule has 7 heteroatoms. The Hall–Kier alpha value is -2.51. The number of rotatable bonds is 7. The van der Waals surface area contributed by atoms with Crippen LogP contribution >= 0.6 is 0 Å². The molecule has 0 aliphatic heterocycles. The summed E-state index contributed by atoms with van der Waals surface area (Å²) >= 11 is 0. The van der Waals surface area contributed by atoms with E-state index in [0.29, 0.717) is 19.4 Å². The van der Waals surface area contributed by atoms with Gasteiger partial charge in [-0.2, -0.15) is 0 Å². The lowest BCUT2D eigenvalue weighted by Gasteiger charge is -2.08. The van der Waals surface area contributed by atoms with Gasteiger partial charge in [-0.3, -0.25) is 0 Å². The fourth-order valence-electron chi connectivity index (χ4n) is 2.40. The summed E-state index contributed by atoms with van der Waals surface area (Å²) in [6.07, 6.45) is 4.50. The highest BCUT2D eigenvalue weighted by molar-refractivity contribution is 7.89. The van der Waals surface area contributed by atoms with Crippen LogP contribution in [0.1, 0.15) is 12.0 Å². The summed E-state index contributed by atoms with van der Waals surface area (Å²) in [5.74, 6) is -0.307. The highest BCUT2D eigenvalue weighted by atomic mass is 32.2. The molecule has 1 aromatic heterocycles. The molecular weight excluding hydrogens is 343 g/mol. The van der Waals surface area contributed by atoms with Crippen molar-refractivity contribution in [2.75, 3.05) is 6.54 Å². The van der Waals surface area contributed by atoms with Crippen LogP contribution in [0.5, 0.6) is 0 Å². The molecule has 2 aromatic carbocycles. The summed E-state index contributed by atoms with van der Waals surface area (Å²) in [7, 11) is -3.56. The van der Waals surface area contributed by atoms with Crippen LogP contribution < -0.4 is 4.72 Å². The molecule has 0 atom stereocenters. The maximum Gasteiger partial charge on any atom is 0.240 e. The van der Waals surface area contributed by atoms with Gasteiger partial charge in [-0.05, 0) is 48.2 Å². The van der Waals surface area contributed by atoms with Gasteiger partial charge in [0.1, 0.15) is 12.1 Å². The maximum absolute atomic E-state index is 13.0. The molecule has 0 aliphatic rings. The predicted octanol–water partition coefficient (Wildman–Crippen LogP) is 3.39. The normalized spacial score (nSPS) is 11.6. The molecule has 0 amide bonds. The SMILES string of the molecule is O=S(=O)(NCCCc1cnoc1)c1ccc(-c2ccc(F)cc2)cc1. The number of hydrogen-bond donors (Lipinski definition) is 1. The number of aryl methyl sites for hydroxylation is 1. The molecule has 0 fully saturated rings. The van der Waals surface area contributed by atoms with E-state index >= 15 is 0 Å². The van der Waals surface area contributed by atoms with E-state index in [1.165, 1.54) is 12.1 Å². The quantitative estimate of drug-likeness (QED) is 0.656. The monoisotopic (exact) mass is 360 g/mol. The number of hydrogen-bond acceptors (Lipinski definition) is 4.